The SMILES string of the molecule is CC[NH+](CC(=O)Nc1ccc2c(c1)OCCO2)Cc1ccc([N+](=O)[O-])cc1. The van der Waals surface area contributed by atoms with Gasteiger partial charge in [0.1, 0.15) is 19.8 Å². The molecule has 0 bridgehead atoms. The Morgan fingerprint density at radius 1 is 1.15 bits per heavy atom. The second-order valence-corrected chi connectivity index (χ2v) is 6.29. The van der Waals surface area contributed by atoms with Gasteiger partial charge in [0.15, 0.2) is 18.0 Å². The maximum Gasteiger partial charge on any atom is 0.279 e. The second-order valence-electron chi connectivity index (χ2n) is 6.29. The number of fused-ring (bicyclic) bond motifs is 1. The number of ether oxygens (including phenoxy) is 2. The molecule has 8 heteroatoms. The Morgan fingerprint density at radius 2 is 1.85 bits per heavy atom. The van der Waals surface area contributed by atoms with Crippen molar-refractivity contribution in [2.24, 2.45) is 0 Å². The molecule has 0 aliphatic carbocycles. The number of nitro benzene ring substituents is 1. The van der Waals surface area contributed by atoms with Crippen molar-refractivity contribution < 1.29 is 24.1 Å². The van der Waals surface area contributed by atoms with Gasteiger partial charge in [0.2, 0.25) is 0 Å². The molecule has 2 aromatic carbocycles. The van der Waals surface area contributed by atoms with Gasteiger partial charge in [0.25, 0.3) is 11.6 Å². The number of amides is 1. The number of benzene rings is 2. The van der Waals surface area contributed by atoms with E-state index >= 15 is 0 Å². The van der Waals surface area contributed by atoms with Crippen molar-refractivity contribution in [2.75, 3.05) is 31.6 Å². The molecule has 1 atom stereocenters. The molecule has 142 valence electrons. The summed E-state index contributed by atoms with van der Waals surface area (Å²) in [5.74, 6) is 1.20. The Kier molecular flexibility index (Phi) is 5.87. The van der Waals surface area contributed by atoms with Crippen molar-refractivity contribution in [3.8, 4) is 11.5 Å². The summed E-state index contributed by atoms with van der Waals surface area (Å²) in [6, 6.07) is 11.8. The highest BCUT2D eigenvalue weighted by Gasteiger charge is 2.16. The van der Waals surface area contributed by atoms with Crippen LogP contribution < -0.4 is 19.7 Å². The van der Waals surface area contributed by atoms with Gasteiger partial charge in [-0.05, 0) is 31.2 Å². The quantitative estimate of drug-likeness (QED) is 0.566. The van der Waals surface area contributed by atoms with Crippen molar-refractivity contribution in [3.63, 3.8) is 0 Å². The predicted molar refractivity (Wildman–Crippen MR) is 99.2 cm³/mol. The van der Waals surface area contributed by atoms with Gasteiger partial charge in [-0.2, -0.15) is 0 Å². The lowest BCUT2D eigenvalue weighted by atomic mass is 10.2. The van der Waals surface area contributed by atoms with Gasteiger partial charge in [-0.1, -0.05) is 0 Å². The minimum absolute atomic E-state index is 0.0631. The number of quaternary nitrogens is 1. The number of non-ortho nitro benzene ring substituents is 1. The molecule has 0 radical (unpaired) electrons. The smallest absolute Gasteiger partial charge is 0.279 e. The number of carbonyl (C=O) groups excluding carboxylic acids is 1. The summed E-state index contributed by atoms with van der Waals surface area (Å²) in [5.41, 5.74) is 1.67. The van der Waals surface area contributed by atoms with Crippen molar-refractivity contribution in [2.45, 2.75) is 13.5 Å². The topological polar surface area (TPSA) is 95.1 Å². The zero-order chi connectivity index (χ0) is 19.2. The van der Waals surface area contributed by atoms with Crippen molar-refractivity contribution in [1.29, 1.82) is 0 Å². The number of hydrogen-bond acceptors (Lipinski definition) is 5. The Bertz CT molecular complexity index is 823. The predicted octanol–water partition coefficient (Wildman–Crippen LogP) is 1.41. The normalized spacial score (nSPS) is 13.7. The van der Waals surface area contributed by atoms with Gasteiger partial charge < -0.3 is 19.7 Å². The Labute approximate surface area is 156 Å². The van der Waals surface area contributed by atoms with Crippen LogP contribution in [0.25, 0.3) is 0 Å². The van der Waals surface area contributed by atoms with Crippen LogP contribution in [-0.2, 0) is 11.3 Å². The lowest BCUT2D eigenvalue weighted by Gasteiger charge is -2.20. The highest BCUT2D eigenvalue weighted by atomic mass is 16.6. The molecule has 3 rings (SSSR count). The first kappa shape index (κ1) is 18.7. The highest BCUT2D eigenvalue weighted by molar-refractivity contribution is 5.91. The number of hydrogen-bond donors (Lipinski definition) is 2. The summed E-state index contributed by atoms with van der Waals surface area (Å²) in [6.07, 6.45) is 0. The maximum absolute atomic E-state index is 12.4. The summed E-state index contributed by atoms with van der Waals surface area (Å²) in [7, 11) is 0. The molecule has 0 aromatic heterocycles. The van der Waals surface area contributed by atoms with E-state index in [1.165, 1.54) is 12.1 Å². The van der Waals surface area contributed by atoms with Crippen LogP contribution >= 0.6 is 0 Å². The molecule has 0 spiro atoms. The minimum Gasteiger partial charge on any atom is -0.486 e. The molecule has 2 N–H and O–H groups in total. The van der Waals surface area contributed by atoms with E-state index in [9.17, 15) is 14.9 Å². The average Bonchev–Trinajstić information content (AvgIpc) is 2.67. The number of nitrogens with one attached hydrogen (secondary N) is 2. The van der Waals surface area contributed by atoms with Crippen LogP contribution in [-0.4, -0.2) is 37.1 Å². The monoisotopic (exact) mass is 372 g/mol. The first-order chi connectivity index (χ1) is 13.0. The van der Waals surface area contributed by atoms with Crippen molar-refractivity contribution in [1.82, 2.24) is 0 Å². The molecule has 0 saturated heterocycles. The number of nitrogens with zero attached hydrogens (tertiary/aromatic N) is 1. The standard InChI is InChI=1S/C19H21N3O5/c1-2-21(12-14-3-6-16(7-4-14)22(24)25)13-19(23)20-15-5-8-17-18(11-15)27-10-9-26-17/h3-8,11H,2,9-10,12-13H2,1H3,(H,20,23)/p+1. The van der Waals surface area contributed by atoms with E-state index in [-0.39, 0.29) is 11.6 Å². The van der Waals surface area contributed by atoms with Crippen molar-refractivity contribution >= 4 is 17.3 Å². The summed E-state index contributed by atoms with van der Waals surface area (Å²) < 4.78 is 11.0. The fourth-order valence-corrected chi connectivity index (χ4v) is 2.89. The molecule has 1 aliphatic rings. The molecule has 1 amide bonds. The van der Waals surface area contributed by atoms with E-state index < -0.39 is 4.92 Å². The lowest BCUT2D eigenvalue weighted by molar-refractivity contribution is -0.903. The molecular weight excluding hydrogens is 350 g/mol. The number of anilines is 1. The van der Waals surface area contributed by atoms with Gasteiger partial charge >= 0.3 is 0 Å². The van der Waals surface area contributed by atoms with Crippen LogP contribution in [0.4, 0.5) is 11.4 Å². The Hall–Kier alpha value is -3.13. The summed E-state index contributed by atoms with van der Waals surface area (Å²) in [6.45, 7) is 4.68. The molecule has 1 unspecified atom stereocenters. The number of nitro groups is 1. The van der Waals surface area contributed by atoms with Gasteiger partial charge in [-0.3, -0.25) is 14.9 Å². The van der Waals surface area contributed by atoms with Crippen LogP contribution in [0, 0.1) is 10.1 Å². The van der Waals surface area contributed by atoms with E-state index in [2.05, 4.69) is 5.32 Å². The Balaban J connectivity index is 1.57. The fraction of sp³-hybridized carbons (Fsp3) is 0.316. The maximum atomic E-state index is 12.4. The second kappa shape index (κ2) is 8.50. The molecule has 1 aliphatic heterocycles. The van der Waals surface area contributed by atoms with Crippen LogP contribution in [0.5, 0.6) is 11.5 Å². The van der Waals surface area contributed by atoms with Crippen LogP contribution in [0.1, 0.15) is 12.5 Å². The molecule has 2 aromatic rings. The zero-order valence-electron chi connectivity index (χ0n) is 15.1. The summed E-state index contributed by atoms with van der Waals surface area (Å²) in [4.78, 5) is 23.8. The first-order valence-electron chi connectivity index (χ1n) is 8.81. The molecule has 27 heavy (non-hydrogen) atoms. The summed E-state index contributed by atoms with van der Waals surface area (Å²) >= 11 is 0. The first-order valence-corrected chi connectivity index (χ1v) is 8.81. The average molecular weight is 372 g/mol. The van der Waals surface area contributed by atoms with Gasteiger partial charge in [0, 0.05) is 29.4 Å². The third kappa shape index (κ3) is 4.95. The molecule has 8 nitrogen and oxygen atoms in total. The molecular formula is C19H22N3O5+. The van der Waals surface area contributed by atoms with E-state index in [1.54, 1.807) is 30.3 Å². The van der Waals surface area contributed by atoms with Gasteiger partial charge in [-0.25, -0.2) is 0 Å². The molecule has 0 saturated carbocycles. The molecule has 1 heterocycles. The third-order valence-corrected chi connectivity index (χ3v) is 4.34. The van der Waals surface area contributed by atoms with E-state index in [0.717, 1.165) is 17.0 Å². The number of rotatable bonds is 7. The molecule has 0 fully saturated rings. The highest BCUT2D eigenvalue weighted by Crippen LogP contribution is 2.32. The number of carbonyl (C=O) groups is 1. The number of likely N-dealkylation sites (N-methyl/N-ethyl adjacent to an activating group) is 1. The van der Waals surface area contributed by atoms with Crippen LogP contribution in [0.3, 0.4) is 0 Å². The van der Waals surface area contributed by atoms with Crippen LogP contribution in [0.2, 0.25) is 0 Å². The fourth-order valence-electron chi connectivity index (χ4n) is 2.89. The largest absolute Gasteiger partial charge is 0.486 e. The zero-order valence-corrected chi connectivity index (χ0v) is 15.1. The van der Waals surface area contributed by atoms with E-state index in [1.807, 2.05) is 6.92 Å². The van der Waals surface area contributed by atoms with Crippen LogP contribution in [0.15, 0.2) is 42.5 Å². The van der Waals surface area contributed by atoms with E-state index in [4.69, 9.17) is 9.47 Å². The summed E-state index contributed by atoms with van der Waals surface area (Å²) in [5, 5.41) is 13.6. The van der Waals surface area contributed by atoms with Gasteiger partial charge in [-0.15, -0.1) is 0 Å². The third-order valence-electron chi connectivity index (χ3n) is 4.34. The lowest BCUT2D eigenvalue weighted by Crippen LogP contribution is -3.11. The Morgan fingerprint density at radius 3 is 2.52 bits per heavy atom. The van der Waals surface area contributed by atoms with Gasteiger partial charge in [0.05, 0.1) is 11.5 Å². The van der Waals surface area contributed by atoms with Crippen molar-refractivity contribution in [3.05, 3.63) is 58.1 Å². The van der Waals surface area contributed by atoms with E-state index in [0.29, 0.717) is 43.5 Å². The minimum atomic E-state index is -0.422.